The van der Waals surface area contributed by atoms with Gasteiger partial charge in [0.05, 0.1) is 21.0 Å². The number of carbonyl (C=O) groups is 1. The highest BCUT2D eigenvalue weighted by molar-refractivity contribution is 7.92. The highest BCUT2D eigenvalue weighted by Gasteiger charge is 2.21. The molecule has 0 unspecified atom stereocenters. The van der Waals surface area contributed by atoms with Gasteiger partial charge in [0.15, 0.2) is 9.84 Å². The Kier molecular flexibility index (Phi) is 5.67. The number of carbonyl (C=O) groups excluding carboxylic acids is 1. The first kappa shape index (κ1) is 20.9. The molecule has 0 bridgehead atoms. The molecule has 0 saturated heterocycles. The van der Waals surface area contributed by atoms with Crippen LogP contribution in [0.1, 0.15) is 31.1 Å². The monoisotopic (exact) mass is 410 g/mol. The average Bonchev–Trinajstić information content (AvgIpc) is 2.52. The number of amides is 1. The Labute approximate surface area is 159 Å². The maximum atomic E-state index is 12.6. The lowest BCUT2D eigenvalue weighted by molar-refractivity contribution is 0.0920. The number of nitrogens with one attached hydrogen (secondary N) is 2. The van der Waals surface area contributed by atoms with Crippen molar-refractivity contribution >= 4 is 31.5 Å². The standard InChI is InChI=1S/C18H22N2O5S2/c1-18(2,3)19-17(21)15-7-5-6-8-16(15)20-27(24,25)14-11-9-13(10-12-14)26(4,22)23/h5-12,20H,1-4H3,(H,19,21). The van der Waals surface area contributed by atoms with Crippen molar-refractivity contribution < 1.29 is 21.6 Å². The summed E-state index contributed by atoms with van der Waals surface area (Å²) in [5, 5.41) is 2.78. The zero-order valence-electron chi connectivity index (χ0n) is 15.5. The first-order valence-electron chi connectivity index (χ1n) is 8.04. The van der Waals surface area contributed by atoms with Gasteiger partial charge in [0.25, 0.3) is 15.9 Å². The molecule has 2 aromatic carbocycles. The summed E-state index contributed by atoms with van der Waals surface area (Å²) in [6.07, 6.45) is 1.04. The molecule has 0 saturated carbocycles. The molecule has 0 aromatic heterocycles. The van der Waals surface area contributed by atoms with Gasteiger partial charge in [0.1, 0.15) is 0 Å². The van der Waals surface area contributed by atoms with Gasteiger partial charge < -0.3 is 5.32 Å². The smallest absolute Gasteiger partial charge is 0.261 e. The first-order chi connectivity index (χ1) is 12.3. The van der Waals surface area contributed by atoms with Crippen LogP contribution in [0.15, 0.2) is 58.3 Å². The Morgan fingerprint density at radius 3 is 1.89 bits per heavy atom. The summed E-state index contributed by atoms with van der Waals surface area (Å²) in [6, 6.07) is 11.1. The van der Waals surface area contributed by atoms with E-state index in [2.05, 4.69) is 10.0 Å². The van der Waals surface area contributed by atoms with E-state index >= 15 is 0 Å². The summed E-state index contributed by atoms with van der Waals surface area (Å²) < 4.78 is 50.7. The van der Waals surface area contributed by atoms with E-state index in [0.29, 0.717) is 0 Å². The number of para-hydroxylation sites is 1. The summed E-state index contributed by atoms with van der Waals surface area (Å²) in [5.41, 5.74) is -0.167. The molecule has 146 valence electrons. The summed E-state index contributed by atoms with van der Waals surface area (Å²) in [4.78, 5) is 12.4. The van der Waals surface area contributed by atoms with E-state index < -0.39 is 31.3 Å². The number of anilines is 1. The van der Waals surface area contributed by atoms with Gasteiger partial charge in [-0.1, -0.05) is 12.1 Å². The van der Waals surface area contributed by atoms with Crippen molar-refractivity contribution in [3.63, 3.8) is 0 Å². The average molecular weight is 411 g/mol. The number of rotatable bonds is 5. The maximum absolute atomic E-state index is 12.6. The molecular formula is C18H22N2O5S2. The zero-order chi connectivity index (χ0) is 20.5. The van der Waals surface area contributed by atoms with Crippen molar-refractivity contribution in [1.82, 2.24) is 5.32 Å². The van der Waals surface area contributed by atoms with E-state index in [1.165, 1.54) is 36.4 Å². The van der Waals surface area contributed by atoms with Crippen LogP contribution in [-0.4, -0.2) is 34.5 Å². The topological polar surface area (TPSA) is 109 Å². The summed E-state index contributed by atoms with van der Waals surface area (Å²) in [6.45, 7) is 5.46. The summed E-state index contributed by atoms with van der Waals surface area (Å²) in [5.74, 6) is -0.409. The molecule has 0 spiro atoms. The van der Waals surface area contributed by atoms with Crippen LogP contribution >= 0.6 is 0 Å². The molecular weight excluding hydrogens is 388 g/mol. The third-order valence-electron chi connectivity index (χ3n) is 3.47. The van der Waals surface area contributed by atoms with Crippen LogP contribution in [0.3, 0.4) is 0 Å². The molecule has 2 rings (SSSR count). The summed E-state index contributed by atoms with van der Waals surface area (Å²) >= 11 is 0. The Morgan fingerprint density at radius 2 is 1.37 bits per heavy atom. The minimum absolute atomic E-state index is 0.0198. The highest BCUT2D eigenvalue weighted by atomic mass is 32.2. The first-order valence-corrected chi connectivity index (χ1v) is 11.4. The highest BCUT2D eigenvalue weighted by Crippen LogP contribution is 2.22. The fraction of sp³-hybridized carbons (Fsp3) is 0.278. The third-order valence-corrected chi connectivity index (χ3v) is 5.98. The van der Waals surface area contributed by atoms with Crippen LogP contribution < -0.4 is 10.0 Å². The van der Waals surface area contributed by atoms with E-state index in [4.69, 9.17) is 0 Å². The van der Waals surface area contributed by atoms with Crippen LogP contribution in [0.25, 0.3) is 0 Å². The fourth-order valence-electron chi connectivity index (χ4n) is 2.25. The largest absolute Gasteiger partial charge is 0.347 e. The number of hydrogen-bond acceptors (Lipinski definition) is 5. The molecule has 2 aromatic rings. The molecule has 9 heteroatoms. The molecule has 0 atom stereocenters. The van der Waals surface area contributed by atoms with Crippen molar-refractivity contribution in [3.05, 3.63) is 54.1 Å². The normalized spacial score (nSPS) is 12.4. The predicted octanol–water partition coefficient (Wildman–Crippen LogP) is 2.42. The van der Waals surface area contributed by atoms with Crippen LogP contribution in [0.2, 0.25) is 0 Å². The quantitative estimate of drug-likeness (QED) is 0.787. The van der Waals surface area contributed by atoms with Crippen molar-refractivity contribution in [3.8, 4) is 0 Å². The van der Waals surface area contributed by atoms with E-state index in [1.807, 2.05) is 20.8 Å². The number of benzene rings is 2. The minimum Gasteiger partial charge on any atom is -0.347 e. The van der Waals surface area contributed by atoms with Gasteiger partial charge in [-0.15, -0.1) is 0 Å². The molecule has 0 radical (unpaired) electrons. The van der Waals surface area contributed by atoms with Gasteiger partial charge in [-0.05, 0) is 57.2 Å². The maximum Gasteiger partial charge on any atom is 0.261 e. The molecule has 0 heterocycles. The van der Waals surface area contributed by atoms with Gasteiger partial charge in [-0.25, -0.2) is 16.8 Å². The SMILES string of the molecule is CC(C)(C)NC(=O)c1ccccc1NS(=O)(=O)c1ccc(S(C)(=O)=O)cc1. The minimum atomic E-state index is -4.00. The predicted molar refractivity (Wildman–Crippen MR) is 104 cm³/mol. The van der Waals surface area contributed by atoms with Gasteiger partial charge in [0, 0.05) is 11.8 Å². The molecule has 2 N–H and O–H groups in total. The molecule has 0 aliphatic heterocycles. The van der Waals surface area contributed by atoms with Crippen molar-refractivity contribution in [2.24, 2.45) is 0 Å². The Morgan fingerprint density at radius 1 is 0.852 bits per heavy atom. The van der Waals surface area contributed by atoms with Gasteiger partial charge >= 0.3 is 0 Å². The molecule has 27 heavy (non-hydrogen) atoms. The van der Waals surface area contributed by atoms with Gasteiger partial charge in [-0.3, -0.25) is 9.52 Å². The van der Waals surface area contributed by atoms with Crippen LogP contribution in [-0.2, 0) is 19.9 Å². The van der Waals surface area contributed by atoms with Crippen molar-refractivity contribution in [1.29, 1.82) is 0 Å². The third kappa shape index (κ3) is 5.54. The fourth-order valence-corrected chi connectivity index (χ4v) is 3.96. The van der Waals surface area contributed by atoms with E-state index in [0.717, 1.165) is 6.26 Å². The Bertz CT molecular complexity index is 1050. The van der Waals surface area contributed by atoms with E-state index in [-0.39, 0.29) is 21.0 Å². The lowest BCUT2D eigenvalue weighted by atomic mass is 10.1. The lowest BCUT2D eigenvalue weighted by Crippen LogP contribution is -2.40. The van der Waals surface area contributed by atoms with E-state index in [9.17, 15) is 21.6 Å². The molecule has 0 aliphatic rings. The molecule has 0 aliphatic carbocycles. The van der Waals surface area contributed by atoms with Crippen LogP contribution in [0, 0.1) is 0 Å². The molecule has 7 nitrogen and oxygen atoms in total. The lowest BCUT2D eigenvalue weighted by Gasteiger charge is -2.21. The molecule has 0 fully saturated rings. The van der Waals surface area contributed by atoms with E-state index in [1.54, 1.807) is 12.1 Å². The number of hydrogen-bond donors (Lipinski definition) is 2. The van der Waals surface area contributed by atoms with Crippen molar-refractivity contribution in [2.75, 3.05) is 11.0 Å². The zero-order valence-corrected chi connectivity index (χ0v) is 17.1. The second-order valence-corrected chi connectivity index (χ2v) is 10.8. The van der Waals surface area contributed by atoms with Gasteiger partial charge in [-0.2, -0.15) is 0 Å². The Balaban J connectivity index is 2.35. The Hall–Kier alpha value is -2.39. The number of sulfone groups is 1. The summed E-state index contributed by atoms with van der Waals surface area (Å²) in [7, 11) is -7.43. The number of sulfonamides is 1. The van der Waals surface area contributed by atoms with Crippen molar-refractivity contribution in [2.45, 2.75) is 36.1 Å². The van der Waals surface area contributed by atoms with Crippen LogP contribution in [0.5, 0.6) is 0 Å². The second-order valence-electron chi connectivity index (χ2n) is 7.10. The van der Waals surface area contributed by atoms with Gasteiger partial charge in [0.2, 0.25) is 0 Å². The van der Waals surface area contributed by atoms with Crippen LogP contribution in [0.4, 0.5) is 5.69 Å². The molecule has 1 amide bonds. The second kappa shape index (κ2) is 7.32.